The van der Waals surface area contributed by atoms with Crippen LogP contribution in [0.2, 0.25) is 0 Å². The van der Waals surface area contributed by atoms with Crippen LogP contribution in [0, 0.1) is 11.8 Å². The Morgan fingerprint density at radius 3 is 1.75 bits per heavy atom. The average molecular weight is 450 g/mol. The summed E-state index contributed by atoms with van der Waals surface area (Å²) >= 11 is 0. The summed E-state index contributed by atoms with van der Waals surface area (Å²) in [6.45, 7) is 12.6. The summed E-state index contributed by atoms with van der Waals surface area (Å²) < 4.78 is 5.90. The summed E-state index contributed by atoms with van der Waals surface area (Å²) in [7, 11) is 2.27. The Balaban J connectivity index is 1.05. The number of rotatable bonds is 15. The Bertz CT molecular complexity index is 438. The summed E-state index contributed by atoms with van der Waals surface area (Å²) in [5.74, 6) is 2.03. The summed E-state index contributed by atoms with van der Waals surface area (Å²) in [6, 6.07) is 0. The van der Waals surface area contributed by atoms with Crippen molar-refractivity contribution in [3.8, 4) is 0 Å². The van der Waals surface area contributed by atoms with E-state index in [-0.39, 0.29) is 0 Å². The molecule has 3 aliphatic rings. The lowest BCUT2D eigenvalue weighted by molar-refractivity contribution is 0.117. The lowest BCUT2D eigenvalue weighted by Crippen LogP contribution is -2.34. The highest BCUT2D eigenvalue weighted by atomic mass is 16.5. The second-order valence-corrected chi connectivity index (χ2v) is 11.2. The molecule has 3 heterocycles. The molecule has 3 rings (SSSR count). The van der Waals surface area contributed by atoms with E-state index in [1.54, 1.807) is 0 Å². The van der Waals surface area contributed by atoms with Gasteiger partial charge in [0.05, 0.1) is 0 Å². The Morgan fingerprint density at radius 2 is 1.09 bits per heavy atom. The van der Waals surface area contributed by atoms with Gasteiger partial charge in [0.2, 0.25) is 0 Å². The van der Waals surface area contributed by atoms with Gasteiger partial charge in [-0.15, -0.1) is 0 Å². The van der Waals surface area contributed by atoms with Crippen LogP contribution in [-0.2, 0) is 4.74 Å². The van der Waals surface area contributed by atoms with E-state index in [9.17, 15) is 0 Å². The van der Waals surface area contributed by atoms with E-state index in [1.807, 2.05) is 0 Å². The van der Waals surface area contributed by atoms with Gasteiger partial charge in [-0.25, -0.2) is 0 Å². The second kappa shape index (κ2) is 16.5. The zero-order valence-corrected chi connectivity index (χ0v) is 21.6. The third-order valence-corrected chi connectivity index (χ3v) is 8.49. The van der Waals surface area contributed by atoms with Crippen molar-refractivity contribution in [1.29, 1.82) is 0 Å². The number of piperidine rings is 3. The van der Waals surface area contributed by atoms with E-state index in [2.05, 4.69) is 21.7 Å². The molecular weight excluding hydrogens is 394 g/mol. The van der Waals surface area contributed by atoms with Crippen LogP contribution in [0.5, 0.6) is 0 Å². The molecule has 32 heavy (non-hydrogen) atoms. The quantitative estimate of drug-likeness (QED) is 0.300. The summed E-state index contributed by atoms with van der Waals surface area (Å²) in [4.78, 5) is 7.87. The molecule has 0 aromatic heterocycles. The minimum absolute atomic E-state index is 0.972. The van der Waals surface area contributed by atoms with Crippen molar-refractivity contribution >= 4 is 0 Å². The van der Waals surface area contributed by atoms with Gasteiger partial charge in [0.15, 0.2) is 0 Å². The van der Waals surface area contributed by atoms with Gasteiger partial charge in [-0.05, 0) is 142 Å². The fourth-order valence-electron chi connectivity index (χ4n) is 6.09. The first-order chi connectivity index (χ1) is 15.8. The first-order valence-corrected chi connectivity index (χ1v) is 14.5. The molecule has 4 nitrogen and oxygen atoms in total. The molecule has 3 aliphatic heterocycles. The van der Waals surface area contributed by atoms with Gasteiger partial charge in [0.1, 0.15) is 0 Å². The molecular formula is C28H55N3O. The summed E-state index contributed by atoms with van der Waals surface area (Å²) in [5, 5.41) is 0. The molecule has 0 unspecified atom stereocenters. The van der Waals surface area contributed by atoms with Crippen molar-refractivity contribution in [2.24, 2.45) is 11.8 Å². The molecule has 0 aliphatic carbocycles. The van der Waals surface area contributed by atoms with Crippen molar-refractivity contribution in [2.75, 3.05) is 72.6 Å². The molecule has 0 atom stereocenters. The van der Waals surface area contributed by atoms with Gasteiger partial charge < -0.3 is 19.4 Å². The van der Waals surface area contributed by atoms with Crippen molar-refractivity contribution in [2.45, 2.75) is 96.3 Å². The standard InChI is InChI=1S/C28H55N3O/c1-29-21-13-27(14-22-29)11-10-12-28-15-23-31(24-16-28)20-7-9-26-32-25-8-3-6-19-30-17-4-2-5-18-30/h27-28H,2-26H2,1H3. The van der Waals surface area contributed by atoms with Gasteiger partial charge >= 0.3 is 0 Å². The zero-order chi connectivity index (χ0) is 22.3. The predicted octanol–water partition coefficient (Wildman–Crippen LogP) is 5.66. The number of likely N-dealkylation sites (tertiary alicyclic amines) is 3. The van der Waals surface area contributed by atoms with Gasteiger partial charge in [-0.2, -0.15) is 0 Å². The molecule has 0 radical (unpaired) electrons. The van der Waals surface area contributed by atoms with Crippen LogP contribution in [0.4, 0.5) is 0 Å². The molecule has 0 N–H and O–H groups in total. The molecule has 0 aromatic carbocycles. The first kappa shape index (κ1) is 26.4. The van der Waals surface area contributed by atoms with Gasteiger partial charge in [0.25, 0.3) is 0 Å². The maximum absolute atomic E-state index is 5.90. The number of nitrogens with zero attached hydrogens (tertiary/aromatic N) is 3. The highest BCUT2D eigenvalue weighted by Crippen LogP contribution is 2.27. The third-order valence-electron chi connectivity index (χ3n) is 8.49. The zero-order valence-electron chi connectivity index (χ0n) is 21.6. The topological polar surface area (TPSA) is 19.0 Å². The van der Waals surface area contributed by atoms with Crippen LogP contribution in [-0.4, -0.2) is 87.3 Å². The van der Waals surface area contributed by atoms with E-state index in [4.69, 9.17) is 4.74 Å². The molecule has 0 bridgehead atoms. The fraction of sp³-hybridized carbons (Fsp3) is 1.00. The summed E-state index contributed by atoms with van der Waals surface area (Å²) in [5.41, 5.74) is 0. The molecule has 0 aromatic rings. The number of hydrogen-bond acceptors (Lipinski definition) is 4. The fourth-order valence-corrected chi connectivity index (χ4v) is 6.09. The van der Waals surface area contributed by atoms with Crippen molar-refractivity contribution in [1.82, 2.24) is 14.7 Å². The van der Waals surface area contributed by atoms with Crippen molar-refractivity contribution in [3.05, 3.63) is 0 Å². The summed E-state index contributed by atoms with van der Waals surface area (Å²) in [6.07, 6.45) is 21.0. The Kier molecular flexibility index (Phi) is 13.6. The van der Waals surface area contributed by atoms with E-state index in [0.717, 1.165) is 25.0 Å². The Labute approximate surface area is 200 Å². The maximum atomic E-state index is 5.90. The SMILES string of the molecule is CN1CCC(CCCC2CCN(CCCCOCCCCCN3CCCCC3)CC2)CC1. The van der Waals surface area contributed by atoms with Crippen LogP contribution >= 0.6 is 0 Å². The van der Waals surface area contributed by atoms with Crippen LogP contribution in [0.15, 0.2) is 0 Å². The normalized spacial score (nSPS) is 23.2. The van der Waals surface area contributed by atoms with E-state index >= 15 is 0 Å². The van der Waals surface area contributed by atoms with Crippen molar-refractivity contribution in [3.63, 3.8) is 0 Å². The largest absolute Gasteiger partial charge is 0.381 e. The number of ether oxygens (including phenoxy) is 1. The van der Waals surface area contributed by atoms with E-state index in [1.165, 1.54) is 149 Å². The first-order valence-electron chi connectivity index (χ1n) is 14.5. The van der Waals surface area contributed by atoms with E-state index < -0.39 is 0 Å². The molecule has 3 fully saturated rings. The molecule has 0 saturated carbocycles. The van der Waals surface area contributed by atoms with E-state index in [0.29, 0.717) is 0 Å². The monoisotopic (exact) mass is 449 g/mol. The second-order valence-electron chi connectivity index (χ2n) is 11.2. The van der Waals surface area contributed by atoms with Crippen LogP contribution in [0.25, 0.3) is 0 Å². The van der Waals surface area contributed by atoms with Gasteiger partial charge in [0, 0.05) is 13.2 Å². The molecule has 3 saturated heterocycles. The third kappa shape index (κ3) is 11.3. The molecule has 0 spiro atoms. The highest BCUT2D eigenvalue weighted by Gasteiger charge is 2.20. The molecule has 0 amide bonds. The van der Waals surface area contributed by atoms with Crippen molar-refractivity contribution < 1.29 is 4.74 Å². The van der Waals surface area contributed by atoms with Crippen LogP contribution in [0.1, 0.15) is 96.3 Å². The van der Waals surface area contributed by atoms with Gasteiger partial charge in [-0.3, -0.25) is 0 Å². The lowest BCUT2D eigenvalue weighted by Gasteiger charge is -2.33. The van der Waals surface area contributed by atoms with Gasteiger partial charge in [-0.1, -0.05) is 25.7 Å². The smallest absolute Gasteiger partial charge is 0.0466 e. The van der Waals surface area contributed by atoms with Crippen LogP contribution in [0.3, 0.4) is 0 Å². The lowest BCUT2D eigenvalue weighted by atomic mass is 9.87. The predicted molar refractivity (Wildman–Crippen MR) is 137 cm³/mol. The Morgan fingerprint density at radius 1 is 0.562 bits per heavy atom. The molecule has 4 heteroatoms. The van der Waals surface area contributed by atoms with Crippen LogP contribution < -0.4 is 0 Å². The minimum Gasteiger partial charge on any atom is -0.381 e. The number of unbranched alkanes of at least 4 members (excludes halogenated alkanes) is 3. The minimum atomic E-state index is 0.972. The highest BCUT2D eigenvalue weighted by molar-refractivity contribution is 4.74. The number of hydrogen-bond donors (Lipinski definition) is 0. The maximum Gasteiger partial charge on any atom is 0.0466 e. The molecule has 188 valence electrons. The average Bonchev–Trinajstić information content (AvgIpc) is 2.83. The Hall–Kier alpha value is -0.160.